The molecular weight excluding hydrogens is 480 g/mol. The number of nitrogens with one attached hydrogen (secondary N) is 2. The lowest BCUT2D eigenvalue weighted by molar-refractivity contribution is -0.121. The van der Waals surface area contributed by atoms with Crippen molar-refractivity contribution in [2.75, 3.05) is 39.2 Å². The Kier molecular flexibility index (Phi) is 9.96. The molecule has 0 aliphatic carbocycles. The van der Waals surface area contributed by atoms with Gasteiger partial charge in [-0.2, -0.15) is 0 Å². The van der Waals surface area contributed by atoms with Crippen LogP contribution in [0.25, 0.3) is 0 Å². The summed E-state index contributed by atoms with van der Waals surface area (Å²) in [6.45, 7) is 2.28. The van der Waals surface area contributed by atoms with Crippen LogP contribution >= 0.6 is 11.3 Å². The minimum Gasteiger partial charge on any atom is -0.497 e. The van der Waals surface area contributed by atoms with Gasteiger partial charge in [0.1, 0.15) is 12.3 Å². The maximum Gasteiger partial charge on any atom is 0.254 e. The number of hydrogen-bond acceptors (Lipinski definition) is 7. The summed E-state index contributed by atoms with van der Waals surface area (Å²) in [6, 6.07) is 16.2. The van der Waals surface area contributed by atoms with Crippen molar-refractivity contribution in [1.29, 1.82) is 0 Å². The Hall–Kier alpha value is -3.76. The van der Waals surface area contributed by atoms with Crippen LogP contribution in [0.15, 0.2) is 60.0 Å². The molecule has 2 aromatic carbocycles. The molecule has 0 saturated carbocycles. The number of anilines is 1. The van der Waals surface area contributed by atoms with Crippen molar-refractivity contribution in [3.63, 3.8) is 0 Å². The van der Waals surface area contributed by atoms with Crippen LogP contribution in [0.3, 0.4) is 0 Å². The third-order valence-electron chi connectivity index (χ3n) is 5.34. The molecule has 190 valence electrons. The molecule has 0 saturated heterocycles. The van der Waals surface area contributed by atoms with Crippen LogP contribution in [0.2, 0.25) is 0 Å². The van der Waals surface area contributed by atoms with E-state index in [-0.39, 0.29) is 44.0 Å². The van der Waals surface area contributed by atoms with E-state index in [9.17, 15) is 14.4 Å². The predicted octanol–water partition coefficient (Wildman–Crippen LogP) is 3.30. The van der Waals surface area contributed by atoms with Gasteiger partial charge in [-0.1, -0.05) is 30.3 Å². The molecule has 0 radical (unpaired) electrons. The summed E-state index contributed by atoms with van der Waals surface area (Å²) >= 11 is 1.22. The number of carbonyl (C=O) groups excluding carboxylic acids is 3. The van der Waals surface area contributed by atoms with E-state index < -0.39 is 5.91 Å². The number of aromatic nitrogens is 1. The summed E-state index contributed by atoms with van der Waals surface area (Å²) in [4.78, 5) is 43.8. The zero-order valence-electron chi connectivity index (χ0n) is 20.5. The maximum atomic E-state index is 12.9. The molecule has 9 nitrogen and oxygen atoms in total. The lowest BCUT2D eigenvalue weighted by Crippen LogP contribution is -2.40. The average molecular weight is 511 g/mol. The van der Waals surface area contributed by atoms with Gasteiger partial charge in [-0.15, -0.1) is 11.3 Å². The van der Waals surface area contributed by atoms with Gasteiger partial charge in [-0.25, -0.2) is 4.98 Å². The zero-order chi connectivity index (χ0) is 25.9. The molecule has 1 heterocycles. The van der Waals surface area contributed by atoms with Gasteiger partial charge in [0, 0.05) is 24.6 Å². The highest BCUT2D eigenvalue weighted by atomic mass is 32.1. The first-order valence-electron chi connectivity index (χ1n) is 11.4. The fraction of sp³-hybridized carbons (Fsp3) is 0.308. The van der Waals surface area contributed by atoms with Crippen LogP contribution in [0.1, 0.15) is 34.6 Å². The van der Waals surface area contributed by atoms with Gasteiger partial charge in [0.15, 0.2) is 5.13 Å². The number of thiazole rings is 1. The number of rotatable bonds is 12. The molecule has 1 aromatic heterocycles. The number of hydrogen-bond donors (Lipinski definition) is 2. The molecule has 0 fully saturated rings. The number of amides is 3. The van der Waals surface area contributed by atoms with E-state index in [2.05, 4.69) is 15.6 Å². The van der Waals surface area contributed by atoms with E-state index in [1.165, 1.54) is 23.3 Å². The van der Waals surface area contributed by atoms with E-state index in [4.69, 9.17) is 9.47 Å². The van der Waals surface area contributed by atoms with Gasteiger partial charge in [-0.05, 0) is 36.8 Å². The van der Waals surface area contributed by atoms with Crippen LogP contribution in [0, 0.1) is 0 Å². The van der Waals surface area contributed by atoms with Crippen molar-refractivity contribution in [1.82, 2.24) is 15.2 Å². The van der Waals surface area contributed by atoms with Gasteiger partial charge in [0.25, 0.3) is 5.91 Å². The summed E-state index contributed by atoms with van der Waals surface area (Å²) in [5, 5.41) is 7.76. The Morgan fingerprint density at radius 1 is 1.03 bits per heavy atom. The lowest BCUT2D eigenvalue weighted by atomic mass is 10.1. The fourth-order valence-corrected chi connectivity index (χ4v) is 4.16. The van der Waals surface area contributed by atoms with E-state index in [0.717, 1.165) is 5.56 Å². The zero-order valence-corrected chi connectivity index (χ0v) is 21.3. The molecule has 36 heavy (non-hydrogen) atoms. The molecule has 0 spiro atoms. The molecule has 3 aromatic rings. The summed E-state index contributed by atoms with van der Waals surface area (Å²) < 4.78 is 10.2. The smallest absolute Gasteiger partial charge is 0.254 e. The Balaban J connectivity index is 1.55. The first-order valence-corrected chi connectivity index (χ1v) is 12.3. The van der Waals surface area contributed by atoms with E-state index >= 15 is 0 Å². The third-order valence-corrected chi connectivity index (χ3v) is 6.15. The Labute approximate surface area is 214 Å². The average Bonchev–Trinajstić information content (AvgIpc) is 3.32. The van der Waals surface area contributed by atoms with Crippen molar-refractivity contribution >= 4 is 34.2 Å². The summed E-state index contributed by atoms with van der Waals surface area (Å²) in [7, 11) is 3.08. The largest absolute Gasteiger partial charge is 0.497 e. The van der Waals surface area contributed by atoms with Crippen LogP contribution in [-0.2, 0) is 20.7 Å². The first kappa shape index (κ1) is 26.8. The number of ether oxygens (including phenoxy) is 2. The minimum atomic E-state index is -0.393. The van der Waals surface area contributed by atoms with E-state index in [1.54, 1.807) is 36.8 Å². The van der Waals surface area contributed by atoms with Gasteiger partial charge in [-0.3, -0.25) is 14.4 Å². The highest BCUT2D eigenvalue weighted by Crippen LogP contribution is 2.18. The van der Waals surface area contributed by atoms with Crippen LogP contribution in [-0.4, -0.2) is 61.5 Å². The van der Waals surface area contributed by atoms with Crippen molar-refractivity contribution < 1.29 is 23.9 Å². The monoisotopic (exact) mass is 510 g/mol. The highest BCUT2D eigenvalue weighted by Gasteiger charge is 2.20. The number of nitrogens with zero attached hydrogens (tertiary/aromatic N) is 2. The van der Waals surface area contributed by atoms with Crippen molar-refractivity contribution in [3.8, 4) is 5.75 Å². The van der Waals surface area contributed by atoms with Gasteiger partial charge >= 0.3 is 0 Å². The quantitative estimate of drug-likeness (QED) is 0.387. The standard InChI is InChI=1S/C26H30N4O5S/c1-18(19-7-5-4-6-8-19)27-23(31)15-21-17-36-26(28-21)29-24(32)16-30(13-14-34-2)25(33)20-9-11-22(35-3)12-10-20/h4-12,17-18H,13-16H2,1-3H3,(H,27,31)(H,28,29,32). The van der Waals surface area contributed by atoms with E-state index in [0.29, 0.717) is 22.1 Å². The summed E-state index contributed by atoms with van der Waals surface area (Å²) in [5.74, 6) is -0.217. The molecule has 0 aliphatic heterocycles. The molecular formula is C26H30N4O5S. The Bertz CT molecular complexity index is 1150. The number of benzene rings is 2. The van der Waals surface area contributed by atoms with Crippen LogP contribution in [0.5, 0.6) is 5.75 Å². The second kappa shape index (κ2) is 13.4. The number of methoxy groups -OCH3 is 2. The summed E-state index contributed by atoms with van der Waals surface area (Å²) in [5.41, 5.74) is 2.00. The highest BCUT2D eigenvalue weighted by molar-refractivity contribution is 7.13. The third kappa shape index (κ3) is 7.89. The molecule has 10 heteroatoms. The maximum absolute atomic E-state index is 12.9. The molecule has 1 unspecified atom stereocenters. The molecule has 0 bridgehead atoms. The minimum absolute atomic E-state index is 0.0967. The Morgan fingerprint density at radius 3 is 2.42 bits per heavy atom. The lowest BCUT2D eigenvalue weighted by Gasteiger charge is -2.21. The normalized spacial score (nSPS) is 11.4. The van der Waals surface area contributed by atoms with E-state index in [1.807, 2.05) is 37.3 Å². The summed E-state index contributed by atoms with van der Waals surface area (Å²) in [6.07, 6.45) is 0.0967. The molecule has 3 rings (SSSR count). The predicted molar refractivity (Wildman–Crippen MR) is 138 cm³/mol. The number of carbonyl (C=O) groups is 3. The topological polar surface area (TPSA) is 110 Å². The van der Waals surface area contributed by atoms with Crippen LogP contribution in [0.4, 0.5) is 5.13 Å². The SMILES string of the molecule is COCCN(CC(=O)Nc1nc(CC(=O)NC(C)c2ccccc2)cs1)C(=O)c1ccc(OC)cc1. The molecule has 0 aliphatic rings. The molecule has 2 N–H and O–H groups in total. The second-order valence-corrected chi connectivity index (χ2v) is 8.87. The van der Waals surface area contributed by atoms with Gasteiger partial charge in [0.05, 0.1) is 31.9 Å². The second-order valence-electron chi connectivity index (χ2n) is 8.02. The van der Waals surface area contributed by atoms with Crippen molar-refractivity contribution in [3.05, 3.63) is 76.8 Å². The van der Waals surface area contributed by atoms with Gasteiger partial charge < -0.3 is 25.0 Å². The fourth-order valence-electron chi connectivity index (χ4n) is 3.43. The van der Waals surface area contributed by atoms with Crippen molar-refractivity contribution in [2.45, 2.75) is 19.4 Å². The van der Waals surface area contributed by atoms with Gasteiger partial charge in [0.2, 0.25) is 11.8 Å². The molecule has 1 atom stereocenters. The van der Waals surface area contributed by atoms with Crippen LogP contribution < -0.4 is 15.4 Å². The molecule has 3 amide bonds. The Morgan fingerprint density at radius 2 is 1.75 bits per heavy atom. The van der Waals surface area contributed by atoms with Crippen molar-refractivity contribution in [2.24, 2.45) is 0 Å². The first-order chi connectivity index (χ1) is 17.4.